The van der Waals surface area contributed by atoms with E-state index in [1.807, 2.05) is 6.92 Å². The van der Waals surface area contributed by atoms with E-state index < -0.39 is 6.16 Å². The fourth-order valence-corrected chi connectivity index (χ4v) is 1.47. The fourth-order valence-electron chi connectivity index (χ4n) is 1.47. The second kappa shape index (κ2) is 4.37. The van der Waals surface area contributed by atoms with E-state index in [9.17, 15) is 4.79 Å². The van der Waals surface area contributed by atoms with Crippen molar-refractivity contribution in [2.45, 2.75) is 19.4 Å². The summed E-state index contributed by atoms with van der Waals surface area (Å²) in [6.45, 7) is 4.78. The Morgan fingerprint density at radius 3 is 2.67 bits per heavy atom. The van der Waals surface area contributed by atoms with E-state index in [2.05, 4.69) is 0 Å². The molecule has 0 aromatic carbocycles. The van der Waals surface area contributed by atoms with Crippen LogP contribution < -0.4 is 0 Å². The second-order valence-corrected chi connectivity index (χ2v) is 4.15. The van der Waals surface area contributed by atoms with E-state index in [4.69, 9.17) is 18.9 Å². The average Bonchev–Trinajstić information content (AvgIpc) is 3.06. The van der Waals surface area contributed by atoms with Crippen molar-refractivity contribution in [3.8, 4) is 0 Å². The van der Waals surface area contributed by atoms with E-state index in [1.54, 1.807) is 0 Å². The zero-order valence-corrected chi connectivity index (χ0v) is 8.86. The van der Waals surface area contributed by atoms with Crippen LogP contribution in [0.4, 0.5) is 4.79 Å². The maximum Gasteiger partial charge on any atom is 0.508 e. The number of ether oxygens (including phenoxy) is 4. The summed E-state index contributed by atoms with van der Waals surface area (Å²) in [5.41, 5.74) is -0.178. The van der Waals surface area contributed by atoms with Crippen LogP contribution in [0.1, 0.15) is 13.3 Å². The summed E-state index contributed by atoms with van der Waals surface area (Å²) in [5.74, 6) is 0. The number of hydrogen-bond donors (Lipinski definition) is 0. The van der Waals surface area contributed by atoms with Gasteiger partial charge in [0.2, 0.25) is 0 Å². The lowest BCUT2D eigenvalue weighted by Crippen LogP contribution is -2.42. The van der Waals surface area contributed by atoms with E-state index >= 15 is 0 Å². The van der Waals surface area contributed by atoms with Gasteiger partial charge >= 0.3 is 6.16 Å². The van der Waals surface area contributed by atoms with Crippen LogP contribution in [0, 0.1) is 5.41 Å². The Kier molecular flexibility index (Phi) is 3.11. The molecule has 5 heteroatoms. The molecule has 5 nitrogen and oxygen atoms in total. The number of epoxide rings is 1. The summed E-state index contributed by atoms with van der Waals surface area (Å²) in [5, 5.41) is 0. The van der Waals surface area contributed by atoms with Crippen molar-refractivity contribution in [1.82, 2.24) is 0 Å². The van der Waals surface area contributed by atoms with Gasteiger partial charge in [-0.05, 0) is 6.42 Å². The molecule has 0 saturated carbocycles. The molecule has 86 valence electrons. The van der Waals surface area contributed by atoms with Gasteiger partial charge in [0.1, 0.15) is 19.3 Å². The second-order valence-electron chi connectivity index (χ2n) is 4.15. The lowest BCUT2D eigenvalue weighted by Gasteiger charge is -2.34. The molecule has 0 amide bonds. The van der Waals surface area contributed by atoms with Gasteiger partial charge in [-0.25, -0.2) is 4.79 Å². The lowest BCUT2D eigenvalue weighted by molar-refractivity contribution is -0.0960. The quantitative estimate of drug-likeness (QED) is 0.506. The molecule has 2 saturated heterocycles. The zero-order chi connectivity index (χ0) is 10.7. The standard InChI is InChI=1S/C10H16O5/c1-2-10(5-12-3-8-4-13-8)6-14-9(11)15-7-10/h8H,2-7H2,1H3. The number of cyclic esters (lactones) is 2. The molecule has 15 heavy (non-hydrogen) atoms. The van der Waals surface area contributed by atoms with Gasteiger partial charge in [-0.2, -0.15) is 0 Å². The van der Waals surface area contributed by atoms with Gasteiger partial charge in [-0.3, -0.25) is 0 Å². The molecule has 1 unspecified atom stereocenters. The predicted molar refractivity (Wildman–Crippen MR) is 50.6 cm³/mol. The first-order valence-electron chi connectivity index (χ1n) is 5.23. The highest BCUT2D eigenvalue weighted by molar-refractivity contribution is 5.60. The van der Waals surface area contributed by atoms with Gasteiger partial charge in [0.05, 0.1) is 25.2 Å². The van der Waals surface area contributed by atoms with Crippen molar-refractivity contribution in [2.24, 2.45) is 5.41 Å². The lowest BCUT2D eigenvalue weighted by atomic mass is 9.87. The number of carbonyl (C=O) groups excluding carboxylic acids is 1. The Bertz CT molecular complexity index is 226. The first-order valence-corrected chi connectivity index (χ1v) is 5.23. The molecule has 2 rings (SSSR count). The third-order valence-corrected chi connectivity index (χ3v) is 2.86. The highest BCUT2D eigenvalue weighted by Crippen LogP contribution is 2.27. The summed E-state index contributed by atoms with van der Waals surface area (Å²) in [6, 6.07) is 0. The van der Waals surface area contributed by atoms with Gasteiger partial charge in [0.25, 0.3) is 0 Å². The van der Waals surface area contributed by atoms with E-state index in [1.165, 1.54) is 0 Å². The van der Waals surface area contributed by atoms with E-state index in [-0.39, 0.29) is 11.5 Å². The van der Waals surface area contributed by atoms with E-state index in [0.717, 1.165) is 13.0 Å². The fraction of sp³-hybridized carbons (Fsp3) is 0.900. The van der Waals surface area contributed by atoms with Gasteiger partial charge < -0.3 is 18.9 Å². The Hall–Kier alpha value is -0.810. The third kappa shape index (κ3) is 2.82. The topological polar surface area (TPSA) is 57.3 Å². The molecule has 0 aliphatic carbocycles. The van der Waals surface area contributed by atoms with Crippen molar-refractivity contribution in [2.75, 3.05) is 33.0 Å². The number of rotatable bonds is 5. The van der Waals surface area contributed by atoms with Crippen LogP contribution in [0.2, 0.25) is 0 Å². The molecule has 0 aromatic heterocycles. The van der Waals surface area contributed by atoms with Gasteiger partial charge in [0, 0.05) is 0 Å². The van der Waals surface area contributed by atoms with Crippen LogP contribution in [0.25, 0.3) is 0 Å². The van der Waals surface area contributed by atoms with Crippen LogP contribution in [0.5, 0.6) is 0 Å². The average molecular weight is 216 g/mol. The predicted octanol–water partition coefficient (Wildman–Crippen LogP) is 0.965. The first kappa shape index (κ1) is 10.7. The molecule has 1 atom stereocenters. The highest BCUT2D eigenvalue weighted by Gasteiger charge is 2.37. The molecule has 0 bridgehead atoms. The van der Waals surface area contributed by atoms with Gasteiger partial charge in [0.15, 0.2) is 0 Å². The smallest absolute Gasteiger partial charge is 0.433 e. The molecule has 2 aliphatic heterocycles. The third-order valence-electron chi connectivity index (χ3n) is 2.86. The summed E-state index contributed by atoms with van der Waals surface area (Å²) in [6.07, 6.45) is 0.557. The van der Waals surface area contributed by atoms with Crippen molar-refractivity contribution in [1.29, 1.82) is 0 Å². The van der Waals surface area contributed by atoms with Crippen molar-refractivity contribution in [3.05, 3.63) is 0 Å². The van der Waals surface area contributed by atoms with Crippen LogP contribution in [-0.4, -0.2) is 45.3 Å². The van der Waals surface area contributed by atoms with Gasteiger partial charge in [-0.15, -0.1) is 0 Å². The molecule has 0 N–H and O–H groups in total. The molecular formula is C10H16O5. The Labute approximate surface area is 88.6 Å². The minimum absolute atomic E-state index is 0.178. The number of hydrogen-bond acceptors (Lipinski definition) is 5. The molecule has 0 aromatic rings. The highest BCUT2D eigenvalue weighted by atomic mass is 16.7. The molecule has 0 spiro atoms. The molecule has 0 radical (unpaired) electrons. The van der Waals surface area contributed by atoms with E-state index in [0.29, 0.717) is 26.4 Å². The summed E-state index contributed by atoms with van der Waals surface area (Å²) in [4.78, 5) is 10.8. The summed E-state index contributed by atoms with van der Waals surface area (Å²) in [7, 11) is 0. The number of carbonyl (C=O) groups is 1. The maximum atomic E-state index is 10.8. The molecule has 2 heterocycles. The van der Waals surface area contributed by atoms with Crippen LogP contribution >= 0.6 is 0 Å². The van der Waals surface area contributed by atoms with Crippen LogP contribution in [-0.2, 0) is 18.9 Å². The Morgan fingerprint density at radius 2 is 2.13 bits per heavy atom. The van der Waals surface area contributed by atoms with Crippen molar-refractivity contribution < 1.29 is 23.7 Å². The largest absolute Gasteiger partial charge is 0.508 e. The molecule has 2 aliphatic rings. The molecular weight excluding hydrogens is 200 g/mol. The first-order chi connectivity index (χ1) is 7.24. The van der Waals surface area contributed by atoms with Crippen molar-refractivity contribution in [3.63, 3.8) is 0 Å². The summed E-state index contributed by atoms with van der Waals surface area (Å²) >= 11 is 0. The van der Waals surface area contributed by atoms with Gasteiger partial charge in [-0.1, -0.05) is 6.92 Å². The maximum absolute atomic E-state index is 10.8. The monoisotopic (exact) mass is 216 g/mol. The minimum atomic E-state index is -0.579. The SMILES string of the molecule is CCC1(COCC2CO2)COC(=O)OC1. The molecule has 2 fully saturated rings. The normalized spacial score (nSPS) is 28.1. The minimum Gasteiger partial charge on any atom is -0.433 e. The summed E-state index contributed by atoms with van der Waals surface area (Å²) < 4.78 is 20.3. The Morgan fingerprint density at radius 1 is 1.47 bits per heavy atom. The Balaban J connectivity index is 1.75. The van der Waals surface area contributed by atoms with Crippen LogP contribution in [0.15, 0.2) is 0 Å². The van der Waals surface area contributed by atoms with Crippen molar-refractivity contribution >= 4 is 6.16 Å². The zero-order valence-electron chi connectivity index (χ0n) is 8.86. The van der Waals surface area contributed by atoms with Crippen LogP contribution in [0.3, 0.4) is 0 Å².